The van der Waals surface area contributed by atoms with Gasteiger partial charge < -0.3 is 10.2 Å². The van der Waals surface area contributed by atoms with E-state index in [0.29, 0.717) is 6.54 Å². The maximum Gasteiger partial charge on any atom is 0.317 e. The van der Waals surface area contributed by atoms with Crippen LogP contribution in [0.15, 0.2) is 30.5 Å². The van der Waals surface area contributed by atoms with Crippen LogP contribution in [0.1, 0.15) is 6.42 Å². The minimum atomic E-state index is -2.96. The summed E-state index contributed by atoms with van der Waals surface area (Å²) in [5.41, 5.74) is 1.08. The molecule has 0 aliphatic carbocycles. The Morgan fingerprint density at radius 2 is 1.96 bits per heavy atom. The summed E-state index contributed by atoms with van der Waals surface area (Å²) in [6.45, 7) is 1.81. The van der Waals surface area contributed by atoms with Gasteiger partial charge in [0.25, 0.3) is 0 Å². The number of sulfone groups is 1. The third-order valence-corrected chi connectivity index (χ3v) is 5.61. The van der Waals surface area contributed by atoms with E-state index in [-0.39, 0.29) is 30.6 Å². The van der Waals surface area contributed by atoms with E-state index in [1.165, 1.54) is 0 Å². The minimum Gasteiger partial charge on any atom is -0.338 e. The Hall–Kier alpha value is -2.09. The van der Waals surface area contributed by atoms with Gasteiger partial charge in [0.1, 0.15) is 0 Å². The lowest BCUT2D eigenvalue weighted by Gasteiger charge is -2.26. The lowest BCUT2D eigenvalue weighted by Crippen LogP contribution is -2.48. The molecule has 0 atom stereocenters. The van der Waals surface area contributed by atoms with Crippen molar-refractivity contribution >= 4 is 26.8 Å². The van der Waals surface area contributed by atoms with Crippen LogP contribution in [0, 0.1) is 0 Å². The molecule has 1 saturated heterocycles. The predicted molar refractivity (Wildman–Crippen MR) is 88.0 cm³/mol. The number of nitrogens with one attached hydrogen (secondary N) is 1. The molecule has 2 heterocycles. The maximum atomic E-state index is 12.0. The molecule has 7 nitrogen and oxygen atoms in total. The highest BCUT2D eigenvalue weighted by Crippen LogP contribution is 2.12. The smallest absolute Gasteiger partial charge is 0.317 e. The number of fused-ring (bicyclic) bond motifs is 1. The number of benzene rings is 1. The lowest BCUT2D eigenvalue weighted by atomic mass is 10.2. The van der Waals surface area contributed by atoms with Gasteiger partial charge in [0, 0.05) is 31.6 Å². The zero-order chi connectivity index (χ0) is 16.3. The summed E-state index contributed by atoms with van der Waals surface area (Å²) in [4.78, 5) is 13.5. The number of nitrogens with zero attached hydrogens (tertiary/aromatic N) is 3. The summed E-state index contributed by atoms with van der Waals surface area (Å²) in [6.07, 6.45) is 2.60. The van der Waals surface area contributed by atoms with Crippen LogP contribution in [0.4, 0.5) is 4.79 Å². The van der Waals surface area contributed by atoms with E-state index < -0.39 is 9.84 Å². The summed E-state index contributed by atoms with van der Waals surface area (Å²) >= 11 is 0. The molecule has 0 radical (unpaired) electrons. The molecule has 0 saturated carbocycles. The molecule has 3 rings (SSSR count). The van der Waals surface area contributed by atoms with Gasteiger partial charge in [-0.1, -0.05) is 18.2 Å². The van der Waals surface area contributed by atoms with Crippen molar-refractivity contribution in [3.63, 3.8) is 0 Å². The second-order valence-corrected chi connectivity index (χ2v) is 7.95. The van der Waals surface area contributed by atoms with Crippen LogP contribution >= 0.6 is 0 Å². The molecule has 1 aliphatic heterocycles. The fourth-order valence-electron chi connectivity index (χ4n) is 2.66. The van der Waals surface area contributed by atoms with Gasteiger partial charge in [-0.3, -0.25) is 4.68 Å². The highest BCUT2D eigenvalue weighted by atomic mass is 32.2. The second kappa shape index (κ2) is 6.57. The Balaban J connectivity index is 1.44. The van der Waals surface area contributed by atoms with Crippen LogP contribution in [0.2, 0.25) is 0 Å². The van der Waals surface area contributed by atoms with E-state index >= 15 is 0 Å². The van der Waals surface area contributed by atoms with Crippen molar-refractivity contribution < 1.29 is 13.2 Å². The number of carbonyl (C=O) groups excluding carboxylic acids is 1. The normalized spacial score (nSPS) is 17.3. The number of urea groups is 1. The maximum absolute atomic E-state index is 12.0. The van der Waals surface area contributed by atoms with Gasteiger partial charge in [-0.05, 0) is 12.5 Å². The zero-order valence-corrected chi connectivity index (χ0v) is 13.6. The molecule has 1 aromatic heterocycles. The number of hydrogen-bond donors (Lipinski definition) is 1. The van der Waals surface area contributed by atoms with E-state index in [2.05, 4.69) is 10.4 Å². The van der Waals surface area contributed by atoms with Gasteiger partial charge in [0.2, 0.25) is 0 Å². The average Bonchev–Trinajstić information content (AvgIpc) is 2.94. The highest BCUT2D eigenvalue weighted by molar-refractivity contribution is 7.91. The predicted octanol–water partition coefficient (Wildman–Crippen LogP) is 0.866. The molecule has 23 heavy (non-hydrogen) atoms. The third kappa shape index (κ3) is 3.82. The Morgan fingerprint density at radius 1 is 1.22 bits per heavy atom. The van der Waals surface area contributed by atoms with Crippen molar-refractivity contribution in [1.29, 1.82) is 0 Å². The van der Waals surface area contributed by atoms with Crippen LogP contribution in [0.3, 0.4) is 0 Å². The molecule has 1 N–H and O–H groups in total. The van der Waals surface area contributed by atoms with Gasteiger partial charge >= 0.3 is 6.03 Å². The average molecular weight is 336 g/mol. The molecular weight excluding hydrogens is 316 g/mol. The summed E-state index contributed by atoms with van der Waals surface area (Å²) in [5, 5.41) is 8.29. The second-order valence-electron chi connectivity index (χ2n) is 5.65. The number of para-hydroxylation sites is 1. The lowest BCUT2D eigenvalue weighted by molar-refractivity contribution is 0.202. The van der Waals surface area contributed by atoms with E-state index in [9.17, 15) is 13.2 Å². The molecule has 0 bridgehead atoms. The summed E-state index contributed by atoms with van der Waals surface area (Å²) in [6, 6.07) is 7.81. The Labute approximate surface area is 135 Å². The van der Waals surface area contributed by atoms with E-state index in [4.69, 9.17) is 0 Å². The van der Waals surface area contributed by atoms with Crippen molar-refractivity contribution in [1.82, 2.24) is 20.0 Å². The number of rotatable bonds is 4. The summed E-state index contributed by atoms with van der Waals surface area (Å²) in [7, 11) is -2.96. The number of aryl methyl sites for hydroxylation is 1. The number of carbonyl (C=O) groups is 1. The van der Waals surface area contributed by atoms with Crippen LogP contribution in [-0.4, -0.2) is 60.3 Å². The van der Waals surface area contributed by atoms with Crippen LogP contribution < -0.4 is 5.32 Å². The Kier molecular flexibility index (Phi) is 4.51. The van der Waals surface area contributed by atoms with Crippen LogP contribution in [0.5, 0.6) is 0 Å². The highest BCUT2D eigenvalue weighted by Gasteiger charge is 2.24. The quantitative estimate of drug-likeness (QED) is 0.840. The molecule has 0 unspecified atom stereocenters. The first kappa shape index (κ1) is 15.8. The number of aromatic nitrogens is 2. The molecule has 124 valence electrons. The summed E-state index contributed by atoms with van der Waals surface area (Å²) in [5.74, 6) is 0.111. The molecule has 1 aliphatic rings. The molecule has 1 aromatic carbocycles. The number of hydrogen-bond acceptors (Lipinski definition) is 4. The first-order valence-corrected chi connectivity index (χ1v) is 9.51. The first-order chi connectivity index (χ1) is 11.1. The molecular formula is C15H20N4O3S. The van der Waals surface area contributed by atoms with Crippen molar-refractivity contribution in [2.75, 3.05) is 31.1 Å². The Bertz CT molecular complexity index is 786. The van der Waals surface area contributed by atoms with Crippen LogP contribution in [0.25, 0.3) is 10.9 Å². The van der Waals surface area contributed by atoms with Crippen molar-refractivity contribution in [2.24, 2.45) is 0 Å². The van der Waals surface area contributed by atoms with E-state index in [0.717, 1.165) is 23.9 Å². The largest absolute Gasteiger partial charge is 0.338 e. The van der Waals surface area contributed by atoms with E-state index in [1.54, 1.807) is 4.90 Å². The topological polar surface area (TPSA) is 84.3 Å². The van der Waals surface area contributed by atoms with Crippen molar-refractivity contribution in [3.05, 3.63) is 30.5 Å². The van der Waals surface area contributed by atoms with Crippen LogP contribution in [-0.2, 0) is 16.4 Å². The first-order valence-electron chi connectivity index (χ1n) is 7.69. The van der Waals surface area contributed by atoms with Gasteiger partial charge in [-0.25, -0.2) is 13.2 Å². The minimum absolute atomic E-state index is 0.0553. The third-order valence-electron chi connectivity index (χ3n) is 4.01. The fourth-order valence-corrected chi connectivity index (χ4v) is 3.86. The fraction of sp³-hybridized carbons (Fsp3) is 0.467. The van der Waals surface area contributed by atoms with Crippen molar-refractivity contribution in [2.45, 2.75) is 13.0 Å². The molecule has 0 spiro atoms. The summed E-state index contributed by atoms with van der Waals surface area (Å²) < 4.78 is 24.6. The number of amides is 2. The van der Waals surface area contributed by atoms with Gasteiger partial charge in [0.05, 0.1) is 23.2 Å². The van der Waals surface area contributed by atoms with Gasteiger partial charge in [-0.2, -0.15) is 5.10 Å². The van der Waals surface area contributed by atoms with Crippen molar-refractivity contribution in [3.8, 4) is 0 Å². The molecule has 1 fully saturated rings. The van der Waals surface area contributed by atoms with Gasteiger partial charge in [0.15, 0.2) is 9.84 Å². The van der Waals surface area contributed by atoms with E-state index in [1.807, 2.05) is 35.1 Å². The zero-order valence-electron chi connectivity index (χ0n) is 12.8. The Morgan fingerprint density at radius 3 is 2.74 bits per heavy atom. The van der Waals surface area contributed by atoms with Gasteiger partial charge in [-0.15, -0.1) is 0 Å². The standard InChI is InChI=1S/C15H20N4O3S/c20-15(18-8-10-23(21,22)11-9-18)16-6-3-7-19-14-5-2-1-4-13(14)12-17-19/h1-2,4-5,12H,3,6-11H2,(H,16,20). The molecule has 2 amide bonds. The molecule has 2 aromatic rings. The monoisotopic (exact) mass is 336 g/mol. The SMILES string of the molecule is O=C(NCCCn1ncc2ccccc21)N1CCS(=O)(=O)CC1. The molecule has 8 heteroatoms.